The molecule has 0 unspecified atom stereocenters. The predicted octanol–water partition coefficient (Wildman–Crippen LogP) is 3.17. The Hall–Kier alpha value is -2.35. The van der Waals surface area contributed by atoms with Gasteiger partial charge in [-0.1, -0.05) is 35.2 Å². The molecule has 1 aliphatic carbocycles. The van der Waals surface area contributed by atoms with Crippen molar-refractivity contribution in [3.8, 4) is 5.75 Å². The number of carbonyl (C=O) groups is 3. The van der Waals surface area contributed by atoms with Gasteiger partial charge in [-0.3, -0.25) is 10.1 Å². The van der Waals surface area contributed by atoms with Crippen molar-refractivity contribution in [3.05, 3.63) is 34.3 Å². The van der Waals surface area contributed by atoms with E-state index in [-0.39, 0.29) is 6.04 Å². The van der Waals surface area contributed by atoms with Crippen LogP contribution in [-0.4, -0.2) is 37.7 Å². The van der Waals surface area contributed by atoms with Crippen LogP contribution in [0.2, 0.25) is 0 Å². The molecule has 0 saturated heterocycles. The summed E-state index contributed by atoms with van der Waals surface area (Å²) in [4.78, 5) is 35.2. The third-order valence-corrected chi connectivity index (χ3v) is 4.62. The number of esters is 1. The van der Waals surface area contributed by atoms with Gasteiger partial charge in [0.2, 0.25) is 0 Å². The van der Waals surface area contributed by atoms with Crippen LogP contribution in [0.3, 0.4) is 0 Å². The van der Waals surface area contributed by atoms with Crippen molar-refractivity contribution in [2.45, 2.75) is 38.1 Å². The molecule has 1 saturated carbocycles. The number of benzene rings is 1. The number of hydrogen-bond acceptors (Lipinski definition) is 5. The average Bonchev–Trinajstić information content (AvgIpc) is 2.65. The minimum atomic E-state index is -0.695. The van der Waals surface area contributed by atoms with Gasteiger partial charge in [-0.2, -0.15) is 0 Å². The first-order chi connectivity index (χ1) is 13.0. The van der Waals surface area contributed by atoms with E-state index < -0.39 is 24.5 Å². The quantitative estimate of drug-likeness (QED) is 0.525. The van der Waals surface area contributed by atoms with Crippen LogP contribution in [0.5, 0.6) is 5.75 Å². The van der Waals surface area contributed by atoms with E-state index >= 15 is 0 Å². The fourth-order valence-electron chi connectivity index (χ4n) is 2.81. The minimum absolute atomic E-state index is 0.0946. The van der Waals surface area contributed by atoms with E-state index in [1.54, 1.807) is 12.1 Å². The van der Waals surface area contributed by atoms with Gasteiger partial charge in [0.05, 0.1) is 7.11 Å². The largest absolute Gasteiger partial charge is 0.496 e. The maximum atomic E-state index is 11.8. The van der Waals surface area contributed by atoms with E-state index in [1.807, 2.05) is 6.07 Å². The number of rotatable bonds is 6. The summed E-state index contributed by atoms with van der Waals surface area (Å²) in [6, 6.07) is 4.89. The molecule has 0 aliphatic heterocycles. The number of urea groups is 1. The lowest BCUT2D eigenvalue weighted by molar-refractivity contribution is -0.143. The summed E-state index contributed by atoms with van der Waals surface area (Å²) in [5, 5.41) is 4.92. The number of hydrogen-bond donors (Lipinski definition) is 2. The van der Waals surface area contributed by atoms with Crippen LogP contribution in [-0.2, 0) is 14.3 Å². The zero-order valence-electron chi connectivity index (χ0n) is 15.1. The fourth-order valence-corrected chi connectivity index (χ4v) is 3.19. The maximum Gasteiger partial charge on any atom is 0.331 e. The normalized spacial score (nSPS) is 14.6. The molecule has 3 amide bonds. The Morgan fingerprint density at radius 3 is 2.67 bits per heavy atom. The van der Waals surface area contributed by atoms with Gasteiger partial charge in [-0.25, -0.2) is 9.59 Å². The molecular weight excluding hydrogens is 416 g/mol. The summed E-state index contributed by atoms with van der Waals surface area (Å²) in [6.07, 6.45) is 7.88. The highest BCUT2D eigenvalue weighted by atomic mass is 79.9. The van der Waals surface area contributed by atoms with Gasteiger partial charge in [0.25, 0.3) is 5.91 Å². The molecule has 1 aliphatic rings. The standard InChI is InChI=1S/C19H23BrN2O5/c1-26-16-9-8-14(20)11-13(16)7-10-18(24)27-12-17(23)22-19(25)21-15-5-3-2-4-6-15/h7-11,15H,2-6,12H2,1H3,(H2,21,22,23,25)/b10-7+. The Kier molecular flexibility index (Phi) is 8.32. The minimum Gasteiger partial charge on any atom is -0.496 e. The van der Waals surface area contributed by atoms with Gasteiger partial charge in [-0.05, 0) is 37.1 Å². The van der Waals surface area contributed by atoms with Crippen molar-refractivity contribution in [3.63, 3.8) is 0 Å². The highest BCUT2D eigenvalue weighted by molar-refractivity contribution is 9.10. The molecule has 2 rings (SSSR count). The molecule has 7 nitrogen and oxygen atoms in total. The summed E-state index contributed by atoms with van der Waals surface area (Å²) in [5.74, 6) is -0.774. The Balaban J connectivity index is 1.75. The molecule has 0 spiro atoms. The summed E-state index contributed by atoms with van der Waals surface area (Å²) in [7, 11) is 1.53. The second-order valence-corrected chi connectivity index (χ2v) is 7.10. The highest BCUT2D eigenvalue weighted by Gasteiger charge is 2.17. The van der Waals surface area contributed by atoms with Crippen molar-refractivity contribution in [1.82, 2.24) is 10.6 Å². The van der Waals surface area contributed by atoms with Crippen molar-refractivity contribution in [2.75, 3.05) is 13.7 Å². The Labute approximate surface area is 166 Å². The highest BCUT2D eigenvalue weighted by Crippen LogP contribution is 2.24. The summed E-state index contributed by atoms with van der Waals surface area (Å²) in [6.45, 7) is -0.531. The van der Waals surface area contributed by atoms with Crippen LogP contribution in [0, 0.1) is 0 Å². The van der Waals surface area contributed by atoms with Crippen LogP contribution >= 0.6 is 15.9 Å². The molecule has 1 fully saturated rings. The van der Waals surface area contributed by atoms with Gasteiger partial charge in [0, 0.05) is 22.2 Å². The number of nitrogens with one attached hydrogen (secondary N) is 2. The Morgan fingerprint density at radius 2 is 1.96 bits per heavy atom. The molecule has 0 aromatic heterocycles. The molecule has 146 valence electrons. The van der Waals surface area contributed by atoms with E-state index in [0.717, 1.165) is 30.2 Å². The number of amides is 3. The zero-order chi connectivity index (χ0) is 19.6. The first kappa shape index (κ1) is 21.0. The van der Waals surface area contributed by atoms with E-state index in [9.17, 15) is 14.4 Å². The lowest BCUT2D eigenvalue weighted by Gasteiger charge is -2.22. The molecule has 1 aromatic rings. The molecule has 0 radical (unpaired) electrons. The van der Waals surface area contributed by atoms with E-state index in [0.29, 0.717) is 11.3 Å². The third-order valence-electron chi connectivity index (χ3n) is 4.13. The lowest BCUT2D eigenvalue weighted by atomic mass is 9.96. The number of ether oxygens (including phenoxy) is 2. The van der Waals surface area contributed by atoms with Crippen LogP contribution in [0.1, 0.15) is 37.7 Å². The lowest BCUT2D eigenvalue weighted by Crippen LogP contribution is -2.46. The summed E-state index contributed by atoms with van der Waals surface area (Å²) < 4.78 is 10.9. The van der Waals surface area contributed by atoms with E-state index in [4.69, 9.17) is 9.47 Å². The molecular formula is C19H23BrN2O5. The van der Waals surface area contributed by atoms with Crippen LogP contribution in [0.15, 0.2) is 28.7 Å². The first-order valence-corrected chi connectivity index (χ1v) is 9.56. The van der Waals surface area contributed by atoms with Crippen LogP contribution < -0.4 is 15.4 Å². The summed E-state index contributed by atoms with van der Waals surface area (Å²) in [5.41, 5.74) is 0.681. The third kappa shape index (κ3) is 7.42. The maximum absolute atomic E-state index is 11.8. The molecule has 0 bridgehead atoms. The smallest absolute Gasteiger partial charge is 0.331 e. The van der Waals surface area contributed by atoms with Gasteiger partial charge >= 0.3 is 12.0 Å². The van der Waals surface area contributed by atoms with Crippen molar-refractivity contribution < 1.29 is 23.9 Å². The molecule has 27 heavy (non-hydrogen) atoms. The van der Waals surface area contributed by atoms with Gasteiger partial charge in [0.1, 0.15) is 5.75 Å². The topological polar surface area (TPSA) is 93.7 Å². The van der Waals surface area contributed by atoms with Gasteiger partial charge in [0.15, 0.2) is 6.61 Å². The van der Waals surface area contributed by atoms with E-state index in [1.165, 1.54) is 25.7 Å². The predicted molar refractivity (Wildman–Crippen MR) is 104 cm³/mol. The molecule has 2 N–H and O–H groups in total. The number of imide groups is 1. The van der Waals surface area contributed by atoms with E-state index in [2.05, 4.69) is 26.6 Å². The molecule has 1 aromatic carbocycles. The first-order valence-electron chi connectivity index (χ1n) is 8.76. The SMILES string of the molecule is COc1ccc(Br)cc1/C=C/C(=O)OCC(=O)NC(=O)NC1CCCCC1. The monoisotopic (exact) mass is 438 g/mol. The molecule has 0 atom stereocenters. The molecule has 0 heterocycles. The number of methoxy groups -OCH3 is 1. The second kappa shape index (κ2) is 10.7. The zero-order valence-corrected chi connectivity index (χ0v) is 16.7. The Bertz CT molecular complexity index is 714. The summed E-state index contributed by atoms with van der Waals surface area (Å²) >= 11 is 3.34. The van der Waals surface area contributed by atoms with Crippen LogP contribution in [0.4, 0.5) is 4.79 Å². The van der Waals surface area contributed by atoms with Crippen molar-refractivity contribution in [2.24, 2.45) is 0 Å². The molecule has 8 heteroatoms. The number of carbonyl (C=O) groups excluding carboxylic acids is 3. The fraction of sp³-hybridized carbons (Fsp3) is 0.421. The average molecular weight is 439 g/mol. The van der Waals surface area contributed by atoms with Gasteiger partial charge < -0.3 is 14.8 Å². The number of halogens is 1. The van der Waals surface area contributed by atoms with Crippen molar-refractivity contribution in [1.29, 1.82) is 0 Å². The Morgan fingerprint density at radius 1 is 1.22 bits per heavy atom. The second-order valence-electron chi connectivity index (χ2n) is 6.18. The van der Waals surface area contributed by atoms with Crippen molar-refractivity contribution >= 4 is 39.9 Å². The van der Waals surface area contributed by atoms with Gasteiger partial charge in [-0.15, -0.1) is 0 Å². The van der Waals surface area contributed by atoms with Crippen LogP contribution in [0.25, 0.3) is 6.08 Å².